The third-order valence-electron chi connectivity index (χ3n) is 10.3. The maximum Gasteiger partial charge on any atom is 0.408 e. The molecule has 64 heavy (non-hydrogen) atoms. The highest BCUT2D eigenvalue weighted by Gasteiger charge is 2.33. The molecule has 4 aromatic carbocycles. The minimum absolute atomic E-state index is 0.00377. The number of para-hydroxylation sites is 1. The Labute approximate surface area is 369 Å². The topological polar surface area (TPSA) is 252 Å². The standard InChI is InChI=1S/C47H51N9O8/c1-30(42(48)57)52-43(58)39(22-34-24-50-37-20-12-11-19-36(34)37)54-46(61)41(28-63-26-32-15-7-3-8-16-32)55-44(59)38(21-31-13-5-2-6-14-31)53-45(60)40(23-35-25-49-29-51-35)56-47(62)64-27-33-17-9-4-10-18-33/h2-20,24-25,29-30,38-41,50H,21-23,26-28H2,1H3,(H2,48,57)(H,49,51)(H,52,58)(H,53,60)(H,54,61)(H,55,59)(H,56,62)/t30-,38-,39+,40+,41+/m1/s1. The van der Waals surface area contributed by atoms with Gasteiger partial charge in [0.1, 0.15) is 36.8 Å². The highest BCUT2D eigenvalue weighted by molar-refractivity contribution is 5.96. The second-order valence-corrected chi connectivity index (χ2v) is 15.1. The molecule has 0 spiro atoms. The third kappa shape index (κ3) is 13.6. The molecule has 0 saturated carbocycles. The smallest absolute Gasteiger partial charge is 0.408 e. The molecule has 2 heterocycles. The van der Waals surface area contributed by atoms with Gasteiger partial charge in [-0.05, 0) is 35.2 Å². The molecule has 332 valence electrons. The van der Waals surface area contributed by atoms with Crippen LogP contribution in [0.1, 0.15) is 34.9 Å². The normalized spacial score (nSPS) is 13.3. The Bertz CT molecular complexity index is 2470. The zero-order chi connectivity index (χ0) is 45.3. The number of hydrogen-bond donors (Lipinski definition) is 8. The van der Waals surface area contributed by atoms with Gasteiger partial charge in [0, 0.05) is 48.3 Å². The molecule has 17 nitrogen and oxygen atoms in total. The number of benzene rings is 4. The predicted octanol–water partition coefficient (Wildman–Crippen LogP) is 2.88. The maximum atomic E-state index is 14.5. The molecule has 6 amide bonds. The number of nitrogens with two attached hydrogens (primary N) is 1. The number of nitrogens with one attached hydrogen (secondary N) is 7. The number of aromatic nitrogens is 3. The van der Waals surface area contributed by atoms with Gasteiger partial charge in [0.2, 0.25) is 29.5 Å². The SMILES string of the molecule is C[C@@H](NC(=O)[C@H](Cc1c[nH]c2ccccc12)NC(=O)[C@H](COCc1ccccc1)NC(=O)[C@@H](Cc1ccccc1)NC(=O)[C@H](Cc1cnc[nH]1)NC(=O)OCc1ccccc1)C(N)=O. The van der Waals surface area contributed by atoms with E-state index in [-0.39, 0.29) is 39.1 Å². The summed E-state index contributed by atoms with van der Waals surface area (Å²) in [6.45, 7) is 1.12. The molecular formula is C47H51N9O8. The van der Waals surface area contributed by atoms with E-state index >= 15 is 0 Å². The van der Waals surface area contributed by atoms with E-state index in [0.717, 1.165) is 22.0 Å². The van der Waals surface area contributed by atoms with E-state index in [1.54, 1.807) is 60.8 Å². The molecule has 6 aromatic rings. The number of H-pyrrole nitrogens is 2. The number of rotatable bonds is 22. The molecule has 0 bridgehead atoms. The van der Waals surface area contributed by atoms with Gasteiger partial charge in [-0.1, -0.05) is 109 Å². The average molecular weight is 870 g/mol. The minimum Gasteiger partial charge on any atom is -0.445 e. The van der Waals surface area contributed by atoms with Crippen molar-refractivity contribution >= 4 is 46.5 Å². The number of ether oxygens (including phenoxy) is 2. The fraction of sp³-hybridized carbons (Fsp3) is 0.255. The van der Waals surface area contributed by atoms with E-state index in [4.69, 9.17) is 15.2 Å². The summed E-state index contributed by atoms with van der Waals surface area (Å²) < 4.78 is 11.4. The minimum atomic E-state index is -1.40. The van der Waals surface area contributed by atoms with E-state index in [2.05, 4.69) is 41.5 Å². The van der Waals surface area contributed by atoms with Crippen LogP contribution in [0.4, 0.5) is 4.79 Å². The van der Waals surface area contributed by atoms with Crippen LogP contribution in [-0.2, 0) is 65.9 Å². The van der Waals surface area contributed by atoms with Gasteiger partial charge < -0.3 is 51.8 Å². The quantitative estimate of drug-likeness (QED) is 0.0499. The molecule has 0 unspecified atom stereocenters. The summed E-state index contributed by atoms with van der Waals surface area (Å²) in [6, 6.07) is 28.4. The number of primary amides is 1. The third-order valence-corrected chi connectivity index (χ3v) is 10.3. The highest BCUT2D eigenvalue weighted by Crippen LogP contribution is 2.19. The zero-order valence-electron chi connectivity index (χ0n) is 35.1. The van der Waals surface area contributed by atoms with E-state index in [1.807, 2.05) is 60.7 Å². The van der Waals surface area contributed by atoms with Crippen LogP contribution in [0, 0.1) is 0 Å². The first kappa shape index (κ1) is 45.7. The summed E-state index contributed by atoms with van der Waals surface area (Å²) in [5, 5.41) is 14.3. The number of amides is 6. The van der Waals surface area contributed by atoms with E-state index in [1.165, 1.54) is 19.4 Å². The summed E-state index contributed by atoms with van der Waals surface area (Å²) in [5.41, 5.74) is 9.73. The number of imidazole rings is 1. The van der Waals surface area contributed by atoms with Crippen LogP contribution in [0.25, 0.3) is 10.9 Å². The van der Waals surface area contributed by atoms with Crippen LogP contribution < -0.4 is 32.3 Å². The number of alkyl carbamates (subject to hydrolysis) is 1. The summed E-state index contributed by atoms with van der Waals surface area (Å²) in [4.78, 5) is 91.9. The summed E-state index contributed by atoms with van der Waals surface area (Å²) in [6.07, 6.45) is 3.76. The van der Waals surface area contributed by atoms with Gasteiger partial charge in [-0.2, -0.15) is 0 Å². The Morgan fingerprint density at radius 1 is 0.594 bits per heavy atom. The molecule has 17 heteroatoms. The molecular weight excluding hydrogens is 819 g/mol. The fourth-order valence-electron chi connectivity index (χ4n) is 6.78. The Morgan fingerprint density at radius 2 is 1.12 bits per heavy atom. The molecule has 0 aliphatic carbocycles. The zero-order valence-corrected chi connectivity index (χ0v) is 35.1. The first-order chi connectivity index (χ1) is 31.0. The molecule has 6 rings (SSSR count). The van der Waals surface area contributed by atoms with Crippen LogP contribution in [0.5, 0.6) is 0 Å². The van der Waals surface area contributed by atoms with Crippen LogP contribution >= 0.6 is 0 Å². The van der Waals surface area contributed by atoms with Crippen molar-refractivity contribution in [1.82, 2.24) is 41.5 Å². The number of carbonyl (C=O) groups is 6. The Kier molecular flexibility index (Phi) is 16.3. The Morgan fingerprint density at radius 3 is 1.75 bits per heavy atom. The van der Waals surface area contributed by atoms with Gasteiger partial charge >= 0.3 is 6.09 Å². The second kappa shape index (κ2) is 22.9. The van der Waals surface area contributed by atoms with Gasteiger partial charge in [0.15, 0.2) is 0 Å². The monoisotopic (exact) mass is 869 g/mol. The van der Waals surface area contributed by atoms with Crippen molar-refractivity contribution in [3.8, 4) is 0 Å². The molecule has 0 radical (unpaired) electrons. The number of carbonyl (C=O) groups excluding carboxylic acids is 6. The van der Waals surface area contributed by atoms with E-state index in [0.29, 0.717) is 16.8 Å². The highest BCUT2D eigenvalue weighted by atomic mass is 16.5. The molecule has 0 saturated heterocycles. The van der Waals surface area contributed by atoms with Crippen LogP contribution in [0.15, 0.2) is 134 Å². The van der Waals surface area contributed by atoms with Gasteiger partial charge in [-0.15, -0.1) is 0 Å². The lowest BCUT2D eigenvalue weighted by molar-refractivity contribution is -0.135. The molecule has 9 N–H and O–H groups in total. The lowest BCUT2D eigenvalue weighted by Crippen LogP contribution is -2.60. The number of fused-ring (bicyclic) bond motifs is 1. The lowest BCUT2D eigenvalue weighted by Gasteiger charge is -2.27. The van der Waals surface area contributed by atoms with Crippen molar-refractivity contribution in [1.29, 1.82) is 0 Å². The molecule has 0 aliphatic heterocycles. The maximum absolute atomic E-state index is 14.5. The van der Waals surface area contributed by atoms with Gasteiger partial charge in [-0.25, -0.2) is 9.78 Å². The average Bonchev–Trinajstić information content (AvgIpc) is 3.98. The van der Waals surface area contributed by atoms with Crippen molar-refractivity contribution in [3.05, 3.63) is 162 Å². The van der Waals surface area contributed by atoms with Crippen LogP contribution in [0.2, 0.25) is 0 Å². The first-order valence-electron chi connectivity index (χ1n) is 20.7. The van der Waals surface area contributed by atoms with E-state index in [9.17, 15) is 28.8 Å². The first-order valence-corrected chi connectivity index (χ1v) is 20.7. The Hall–Kier alpha value is -7.79. The largest absolute Gasteiger partial charge is 0.445 e. The summed E-state index contributed by atoms with van der Waals surface area (Å²) in [5.74, 6) is -3.72. The van der Waals surface area contributed by atoms with Crippen molar-refractivity contribution < 1.29 is 38.2 Å². The number of aromatic amines is 2. The molecule has 0 fully saturated rings. The molecule has 5 atom stereocenters. The van der Waals surface area contributed by atoms with E-state index < -0.39 is 65.8 Å². The molecule has 0 aliphatic rings. The lowest BCUT2D eigenvalue weighted by atomic mass is 10.0. The number of nitrogens with zero attached hydrogens (tertiary/aromatic N) is 1. The second-order valence-electron chi connectivity index (χ2n) is 15.1. The van der Waals surface area contributed by atoms with Crippen LogP contribution in [-0.4, -0.2) is 87.4 Å². The molecule has 2 aromatic heterocycles. The van der Waals surface area contributed by atoms with Crippen LogP contribution in [0.3, 0.4) is 0 Å². The van der Waals surface area contributed by atoms with Gasteiger partial charge in [0.25, 0.3) is 0 Å². The van der Waals surface area contributed by atoms with Crippen molar-refractivity contribution in [2.45, 2.75) is 69.6 Å². The predicted molar refractivity (Wildman–Crippen MR) is 237 cm³/mol. The fourth-order valence-corrected chi connectivity index (χ4v) is 6.78. The van der Waals surface area contributed by atoms with Crippen molar-refractivity contribution in [3.63, 3.8) is 0 Å². The Balaban J connectivity index is 1.24. The van der Waals surface area contributed by atoms with Gasteiger partial charge in [-0.3, -0.25) is 24.0 Å². The van der Waals surface area contributed by atoms with Crippen molar-refractivity contribution in [2.24, 2.45) is 5.73 Å². The summed E-state index contributed by atoms with van der Waals surface area (Å²) in [7, 11) is 0. The van der Waals surface area contributed by atoms with Gasteiger partial charge in [0.05, 0.1) is 19.5 Å². The summed E-state index contributed by atoms with van der Waals surface area (Å²) >= 11 is 0. The number of hydrogen-bond acceptors (Lipinski definition) is 9. The van der Waals surface area contributed by atoms with Crippen molar-refractivity contribution in [2.75, 3.05) is 6.61 Å².